The Kier molecular flexibility index (Phi) is 3.06. The Balaban J connectivity index is 3.10. The lowest BCUT2D eigenvalue weighted by atomic mass is 10.2. The first-order valence-corrected chi connectivity index (χ1v) is 3.80. The first-order chi connectivity index (χ1) is 7.20. The highest BCUT2D eigenvalue weighted by molar-refractivity contribution is 5.60. The summed E-state index contributed by atoms with van der Waals surface area (Å²) < 4.78 is 63.3. The molecule has 1 rings (SSSR count). The number of nitrogen functional groups attached to an aromatic ring is 2. The molecule has 0 bridgehead atoms. The molecule has 1 aromatic heterocycles. The van der Waals surface area contributed by atoms with Gasteiger partial charge < -0.3 is 16.2 Å². The molecule has 1 aromatic rings. The Morgan fingerprint density at radius 1 is 1.25 bits per heavy atom. The summed E-state index contributed by atoms with van der Waals surface area (Å²) in [5.41, 5.74) is 8.70. The van der Waals surface area contributed by atoms with Crippen molar-refractivity contribution in [3.8, 4) is 5.88 Å². The smallest absolute Gasteiger partial charge is 0.398 e. The molecule has 0 aliphatic carbocycles. The Morgan fingerprint density at radius 3 is 2.19 bits per heavy atom. The van der Waals surface area contributed by atoms with Crippen LogP contribution >= 0.6 is 0 Å². The van der Waals surface area contributed by atoms with Crippen molar-refractivity contribution < 1.29 is 26.7 Å². The van der Waals surface area contributed by atoms with Crippen LogP contribution in [0.4, 0.5) is 33.5 Å². The Bertz CT molecular complexity index is 369. The zero-order valence-corrected chi connectivity index (χ0v) is 7.55. The predicted molar refractivity (Wildman–Crippen MR) is 44.7 cm³/mol. The van der Waals surface area contributed by atoms with Crippen LogP contribution in [0, 0.1) is 0 Å². The Labute approximate surface area is 86.0 Å². The van der Waals surface area contributed by atoms with Crippen LogP contribution in [-0.4, -0.2) is 11.3 Å². The summed E-state index contributed by atoms with van der Waals surface area (Å²) >= 11 is 0. The summed E-state index contributed by atoms with van der Waals surface area (Å²) in [5, 5.41) is 0. The van der Waals surface area contributed by atoms with Crippen molar-refractivity contribution in [2.75, 3.05) is 11.5 Å². The van der Waals surface area contributed by atoms with Crippen molar-refractivity contribution in [2.24, 2.45) is 0 Å². The van der Waals surface area contributed by atoms with Crippen LogP contribution in [0.1, 0.15) is 12.0 Å². The predicted octanol–water partition coefficient (Wildman–Crippen LogP) is 2.08. The molecular weight excluding hydrogens is 237 g/mol. The normalized spacial score (nSPS) is 11.9. The molecule has 0 amide bonds. The molecular formula is C7H6F5N3O. The first-order valence-electron chi connectivity index (χ1n) is 3.80. The van der Waals surface area contributed by atoms with Gasteiger partial charge in [0.15, 0.2) is 0 Å². The first kappa shape index (κ1) is 12.3. The Hall–Kier alpha value is -1.80. The molecule has 0 aliphatic rings. The topological polar surface area (TPSA) is 74.2 Å². The van der Waals surface area contributed by atoms with Crippen LogP contribution < -0.4 is 16.2 Å². The van der Waals surface area contributed by atoms with E-state index in [9.17, 15) is 22.0 Å². The Morgan fingerprint density at radius 2 is 1.81 bits per heavy atom. The molecule has 0 spiro atoms. The average Bonchev–Trinajstić information content (AvgIpc) is 1.96. The van der Waals surface area contributed by atoms with Gasteiger partial charge in [0.25, 0.3) is 6.43 Å². The van der Waals surface area contributed by atoms with Gasteiger partial charge in [-0.1, -0.05) is 0 Å². The van der Waals surface area contributed by atoms with Gasteiger partial charge in [-0.25, -0.2) is 8.78 Å². The van der Waals surface area contributed by atoms with E-state index in [0.29, 0.717) is 6.07 Å². The minimum Gasteiger partial charge on any atom is -0.398 e. The van der Waals surface area contributed by atoms with Crippen molar-refractivity contribution in [3.05, 3.63) is 11.6 Å². The van der Waals surface area contributed by atoms with Crippen LogP contribution in [0.2, 0.25) is 0 Å². The van der Waals surface area contributed by atoms with E-state index >= 15 is 0 Å². The third-order valence-corrected chi connectivity index (χ3v) is 1.54. The number of alkyl halides is 5. The van der Waals surface area contributed by atoms with Gasteiger partial charge in [0.1, 0.15) is 5.82 Å². The SMILES string of the molecule is Nc1cc(OC(F)(F)F)nc(N)c1C(F)F. The van der Waals surface area contributed by atoms with E-state index in [1.165, 1.54) is 0 Å². The number of nitrogens with two attached hydrogens (primary N) is 2. The lowest BCUT2D eigenvalue weighted by Gasteiger charge is -2.12. The van der Waals surface area contributed by atoms with Crippen molar-refractivity contribution in [1.82, 2.24) is 4.98 Å². The monoisotopic (exact) mass is 243 g/mol. The van der Waals surface area contributed by atoms with E-state index in [2.05, 4.69) is 9.72 Å². The molecule has 0 saturated carbocycles. The van der Waals surface area contributed by atoms with Gasteiger partial charge in [-0.05, 0) is 0 Å². The van der Waals surface area contributed by atoms with Gasteiger partial charge in [0.05, 0.1) is 5.56 Å². The fraction of sp³-hybridized carbons (Fsp3) is 0.286. The van der Waals surface area contributed by atoms with Crippen LogP contribution in [0.5, 0.6) is 5.88 Å². The molecule has 0 radical (unpaired) electrons. The summed E-state index contributed by atoms with van der Waals surface area (Å²) in [6.07, 6.45) is -8.01. The van der Waals surface area contributed by atoms with Gasteiger partial charge >= 0.3 is 6.36 Å². The van der Waals surface area contributed by atoms with Crippen LogP contribution in [0.15, 0.2) is 6.07 Å². The highest BCUT2D eigenvalue weighted by Crippen LogP contribution is 2.33. The van der Waals surface area contributed by atoms with Crippen LogP contribution in [-0.2, 0) is 0 Å². The maximum Gasteiger partial charge on any atom is 0.574 e. The number of nitrogens with zero attached hydrogens (tertiary/aromatic N) is 1. The number of ether oxygens (including phenoxy) is 1. The average molecular weight is 243 g/mol. The van der Waals surface area contributed by atoms with E-state index in [0.717, 1.165) is 0 Å². The molecule has 0 unspecified atom stereocenters. The van der Waals surface area contributed by atoms with Crippen molar-refractivity contribution >= 4 is 11.5 Å². The molecule has 16 heavy (non-hydrogen) atoms. The van der Waals surface area contributed by atoms with E-state index < -0.39 is 35.7 Å². The molecule has 9 heteroatoms. The minimum absolute atomic E-state index is 0.533. The highest BCUT2D eigenvalue weighted by Gasteiger charge is 2.32. The number of pyridine rings is 1. The molecule has 0 fully saturated rings. The number of aromatic nitrogens is 1. The molecule has 1 heterocycles. The fourth-order valence-corrected chi connectivity index (χ4v) is 0.979. The number of hydrogen-bond donors (Lipinski definition) is 2. The maximum atomic E-state index is 12.3. The molecule has 0 atom stereocenters. The van der Waals surface area contributed by atoms with Crippen LogP contribution in [0.3, 0.4) is 0 Å². The number of halogens is 5. The summed E-state index contributed by atoms with van der Waals surface area (Å²) in [5.74, 6) is -1.78. The lowest BCUT2D eigenvalue weighted by Crippen LogP contribution is -2.18. The van der Waals surface area contributed by atoms with Crippen molar-refractivity contribution in [2.45, 2.75) is 12.8 Å². The minimum atomic E-state index is -4.99. The second-order valence-electron chi connectivity index (χ2n) is 2.70. The van der Waals surface area contributed by atoms with Gasteiger partial charge in [-0.3, -0.25) is 0 Å². The summed E-state index contributed by atoms with van der Waals surface area (Å²) in [7, 11) is 0. The summed E-state index contributed by atoms with van der Waals surface area (Å²) in [4.78, 5) is 3.02. The summed E-state index contributed by atoms with van der Waals surface area (Å²) in [6.45, 7) is 0. The molecule has 0 saturated heterocycles. The van der Waals surface area contributed by atoms with Gasteiger partial charge in [0.2, 0.25) is 5.88 Å². The van der Waals surface area contributed by atoms with Gasteiger partial charge in [-0.2, -0.15) is 4.98 Å². The highest BCUT2D eigenvalue weighted by atomic mass is 19.4. The number of hydrogen-bond acceptors (Lipinski definition) is 4. The van der Waals surface area contributed by atoms with Gasteiger partial charge in [0, 0.05) is 11.8 Å². The third-order valence-electron chi connectivity index (χ3n) is 1.54. The third kappa shape index (κ3) is 2.84. The van der Waals surface area contributed by atoms with E-state index in [-0.39, 0.29) is 0 Å². The second kappa shape index (κ2) is 3.99. The molecule has 90 valence electrons. The molecule has 0 aromatic carbocycles. The summed E-state index contributed by atoms with van der Waals surface area (Å²) in [6, 6.07) is 0.533. The molecule has 4 N–H and O–H groups in total. The molecule has 4 nitrogen and oxygen atoms in total. The zero-order valence-electron chi connectivity index (χ0n) is 7.55. The second-order valence-corrected chi connectivity index (χ2v) is 2.70. The number of anilines is 2. The van der Waals surface area contributed by atoms with E-state index in [1.54, 1.807) is 0 Å². The van der Waals surface area contributed by atoms with Crippen molar-refractivity contribution in [1.29, 1.82) is 0 Å². The molecule has 0 aliphatic heterocycles. The van der Waals surface area contributed by atoms with Gasteiger partial charge in [-0.15, -0.1) is 13.2 Å². The maximum absolute atomic E-state index is 12.3. The largest absolute Gasteiger partial charge is 0.574 e. The van der Waals surface area contributed by atoms with E-state index in [4.69, 9.17) is 11.5 Å². The lowest BCUT2D eigenvalue weighted by molar-refractivity contribution is -0.276. The van der Waals surface area contributed by atoms with Crippen molar-refractivity contribution in [3.63, 3.8) is 0 Å². The zero-order chi connectivity index (χ0) is 12.5. The fourth-order valence-electron chi connectivity index (χ4n) is 0.979. The van der Waals surface area contributed by atoms with E-state index in [1.807, 2.05) is 0 Å². The standard InChI is InChI=1S/C7H6F5N3O/c8-5(9)4-2(13)1-3(15-6(4)14)16-7(10,11)12/h1,5H,(H4,13,14,15). The number of rotatable bonds is 2. The van der Waals surface area contributed by atoms with Crippen LogP contribution in [0.25, 0.3) is 0 Å². The quantitative estimate of drug-likeness (QED) is 0.780.